The Bertz CT molecular complexity index is 448. The molecule has 0 bridgehead atoms. The zero-order chi connectivity index (χ0) is 12.1. The van der Waals surface area contributed by atoms with Crippen molar-refractivity contribution in [1.82, 2.24) is 0 Å². The molecule has 1 aromatic carbocycles. The number of rotatable bonds is 5. The molecule has 0 aliphatic rings. The lowest BCUT2D eigenvalue weighted by Crippen LogP contribution is -2.00. The predicted molar refractivity (Wildman–Crippen MR) is 65.0 cm³/mol. The molecule has 3 heteroatoms. The van der Waals surface area contributed by atoms with E-state index in [2.05, 4.69) is 6.92 Å². The van der Waals surface area contributed by atoms with E-state index in [1.54, 1.807) is 18.4 Å². The van der Waals surface area contributed by atoms with Crippen molar-refractivity contribution < 1.29 is 14.3 Å². The minimum atomic E-state index is -0.741. The second-order valence-corrected chi connectivity index (χ2v) is 3.84. The van der Waals surface area contributed by atoms with Gasteiger partial charge in [0.1, 0.15) is 17.6 Å². The van der Waals surface area contributed by atoms with Crippen molar-refractivity contribution in [3.63, 3.8) is 0 Å². The second kappa shape index (κ2) is 5.55. The molecule has 2 aromatic rings. The first kappa shape index (κ1) is 11.7. The summed E-state index contributed by atoms with van der Waals surface area (Å²) < 4.78 is 10.7. The van der Waals surface area contributed by atoms with Crippen LogP contribution in [0, 0.1) is 0 Å². The Morgan fingerprint density at radius 2 is 2.18 bits per heavy atom. The zero-order valence-corrected chi connectivity index (χ0v) is 9.80. The maximum absolute atomic E-state index is 10.1. The molecule has 0 aliphatic heterocycles. The lowest BCUT2D eigenvalue weighted by molar-refractivity contribution is 0.188. The SMILES string of the molecule is CCCOc1cccc(C(O)c2ccco2)c1. The van der Waals surface area contributed by atoms with Crippen LogP contribution < -0.4 is 4.74 Å². The highest BCUT2D eigenvalue weighted by molar-refractivity contribution is 5.32. The topological polar surface area (TPSA) is 42.6 Å². The lowest BCUT2D eigenvalue weighted by atomic mass is 10.1. The Morgan fingerprint density at radius 3 is 2.88 bits per heavy atom. The van der Waals surface area contributed by atoms with Crippen LogP contribution in [0.25, 0.3) is 0 Å². The molecule has 1 aromatic heterocycles. The van der Waals surface area contributed by atoms with Gasteiger partial charge in [-0.2, -0.15) is 0 Å². The van der Waals surface area contributed by atoms with Crippen molar-refractivity contribution in [3.05, 3.63) is 54.0 Å². The van der Waals surface area contributed by atoms with Gasteiger partial charge < -0.3 is 14.3 Å². The molecule has 3 nitrogen and oxygen atoms in total. The van der Waals surface area contributed by atoms with E-state index in [0.29, 0.717) is 12.4 Å². The van der Waals surface area contributed by atoms with E-state index in [1.807, 2.05) is 24.3 Å². The number of hydrogen-bond acceptors (Lipinski definition) is 3. The summed E-state index contributed by atoms with van der Waals surface area (Å²) in [4.78, 5) is 0. The zero-order valence-electron chi connectivity index (χ0n) is 9.80. The number of furan rings is 1. The van der Waals surface area contributed by atoms with Crippen LogP contribution in [0.2, 0.25) is 0 Å². The maximum Gasteiger partial charge on any atom is 0.137 e. The van der Waals surface area contributed by atoms with E-state index in [4.69, 9.17) is 9.15 Å². The molecule has 0 saturated carbocycles. The lowest BCUT2D eigenvalue weighted by Gasteiger charge is -2.10. The average molecular weight is 232 g/mol. The summed E-state index contributed by atoms with van der Waals surface area (Å²) in [6.07, 6.45) is 1.77. The van der Waals surface area contributed by atoms with Crippen LogP contribution in [0.5, 0.6) is 5.75 Å². The Kier molecular flexibility index (Phi) is 3.83. The van der Waals surface area contributed by atoms with Gasteiger partial charge in [-0.3, -0.25) is 0 Å². The van der Waals surface area contributed by atoms with E-state index < -0.39 is 6.10 Å². The normalized spacial score (nSPS) is 12.4. The molecule has 0 aliphatic carbocycles. The number of aliphatic hydroxyl groups is 1. The van der Waals surface area contributed by atoms with Gasteiger partial charge in [-0.05, 0) is 36.2 Å². The van der Waals surface area contributed by atoms with Gasteiger partial charge >= 0.3 is 0 Å². The molecular formula is C14H16O3. The van der Waals surface area contributed by atoms with Gasteiger partial charge in [0, 0.05) is 0 Å². The van der Waals surface area contributed by atoms with Crippen LogP contribution in [0.1, 0.15) is 30.8 Å². The van der Waals surface area contributed by atoms with E-state index >= 15 is 0 Å². The molecule has 0 spiro atoms. The summed E-state index contributed by atoms with van der Waals surface area (Å²) in [5.74, 6) is 1.31. The first-order valence-electron chi connectivity index (χ1n) is 5.75. The van der Waals surface area contributed by atoms with Crippen LogP contribution in [0.3, 0.4) is 0 Å². The van der Waals surface area contributed by atoms with E-state index in [1.165, 1.54) is 0 Å². The quantitative estimate of drug-likeness (QED) is 0.861. The molecule has 17 heavy (non-hydrogen) atoms. The molecule has 0 fully saturated rings. The molecule has 0 radical (unpaired) electrons. The van der Waals surface area contributed by atoms with E-state index in [0.717, 1.165) is 17.7 Å². The minimum Gasteiger partial charge on any atom is -0.494 e. The Morgan fingerprint density at radius 1 is 1.29 bits per heavy atom. The summed E-state index contributed by atoms with van der Waals surface area (Å²) in [5, 5.41) is 10.1. The summed E-state index contributed by atoms with van der Waals surface area (Å²) in [6.45, 7) is 2.74. The number of hydrogen-bond donors (Lipinski definition) is 1. The largest absolute Gasteiger partial charge is 0.494 e. The van der Waals surface area contributed by atoms with Crippen molar-refractivity contribution in [2.75, 3.05) is 6.61 Å². The molecular weight excluding hydrogens is 216 g/mol. The third-order valence-electron chi connectivity index (χ3n) is 2.46. The number of ether oxygens (including phenoxy) is 1. The summed E-state index contributed by atoms with van der Waals surface area (Å²) in [5.41, 5.74) is 0.772. The van der Waals surface area contributed by atoms with Crippen molar-refractivity contribution in [1.29, 1.82) is 0 Å². The van der Waals surface area contributed by atoms with Crippen LogP contribution in [-0.4, -0.2) is 11.7 Å². The van der Waals surface area contributed by atoms with Crippen molar-refractivity contribution in [3.8, 4) is 5.75 Å². The second-order valence-electron chi connectivity index (χ2n) is 3.84. The van der Waals surface area contributed by atoms with Gasteiger partial charge in [0.25, 0.3) is 0 Å². The Labute approximate surface area is 101 Å². The van der Waals surface area contributed by atoms with Crippen LogP contribution >= 0.6 is 0 Å². The molecule has 0 saturated heterocycles. The molecule has 90 valence electrons. The molecule has 2 rings (SSSR count). The van der Waals surface area contributed by atoms with Crippen molar-refractivity contribution in [2.24, 2.45) is 0 Å². The molecule has 0 amide bonds. The molecule has 1 N–H and O–H groups in total. The molecule has 1 unspecified atom stereocenters. The highest BCUT2D eigenvalue weighted by Gasteiger charge is 2.13. The molecule has 1 atom stereocenters. The van der Waals surface area contributed by atoms with Gasteiger partial charge in [-0.15, -0.1) is 0 Å². The standard InChI is InChI=1S/C14H16O3/c1-2-8-16-12-6-3-5-11(10-12)14(15)13-7-4-9-17-13/h3-7,9-10,14-15H,2,8H2,1H3. The van der Waals surface area contributed by atoms with Gasteiger partial charge in [0.15, 0.2) is 0 Å². The minimum absolute atomic E-state index is 0.539. The van der Waals surface area contributed by atoms with Gasteiger partial charge in [0.05, 0.1) is 12.9 Å². The fraction of sp³-hybridized carbons (Fsp3) is 0.286. The predicted octanol–water partition coefficient (Wildman–Crippen LogP) is 3.15. The van der Waals surface area contributed by atoms with Crippen LogP contribution in [0.15, 0.2) is 47.1 Å². The summed E-state index contributed by atoms with van der Waals surface area (Å²) >= 11 is 0. The molecule has 1 heterocycles. The highest BCUT2D eigenvalue weighted by Crippen LogP contribution is 2.25. The fourth-order valence-electron chi connectivity index (χ4n) is 1.61. The Hall–Kier alpha value is -1.74. The Balaban J connectivity index is 2.15. The first-order valence-corrected chi connectivity index (χ1v) is 5.75. The van der Waals surface area contributed by atoms with Gasteiger partial charge in [-0.1, -0.05) is 19.1 Å². The number of aliphatic hydroxyl groups excluding tert-OH is 1. The number of benzene rings is 1. The fourth-order valence-corrected chi connectivity index (χ4v) is 1.61. The summed E-state index contributed by atoms with van der Waals surface area (Å²) in [6, 6.07) is 11.0. The first-order chi connectivity index (χ1) is 8.31. The summed E-state index contributed by atoms with van der Waals surface area (Å²) in [7, 11) is 0. The van der Waals surface area contributed by atoms with E-state index in [9.17, 15) is 5.11 Å². The maximum atomic E-state index is 10.1. The van der Waals surface area contributed by atoms with E-state index in [-0.39, 0.29) is 0 Å². The van der Waals surface area contributed by atoms with Crippen LogP contribution in [0.4, 0.5) is 0 Å². The third-order valence-corrected chi connectivity index (χ3v) is 2.46. The van der Waals surface area contributed by atoms with Gasteiger partial charge in [-0.25, -0.2) is 0 Å². The van der Waals surface area contributed by atoms with Gasteiger partial charge in [0.2, 0.25) is 0 Å². The van der Waals surface area contributed by atoms with Crippen molar-refractivity contribution in [2.45, 2.75) is 19.4 Å². The third kappa shape index (κ3) is 2.88. The smallest absolute Gasteiger partial charge is 0.137 e. The van der Waals surface area contributed by atoms with Crippen LogP contribution in [-0.2, 0) is 0 Å². The average Bonchev–Trinajstić information content (AvgIpc) is 2.89. The monoisotopic (exact) mass is 232 g/mol. The highest BCUT2D eigenvalue weighted by atomic mass is 16.5. The van der Waals surface area contributed by atoms with Crippen molar-refractivity contribution >= 4 is 0 Å².